The fourth-order valence-electron chi connectivity index (χ4n) is 3.46. The van der Waals surface area contributed by atoms with E-state index in [1.165, 1.54) is 16.8 Å². The Kier molecular flexibility index (Phi) is 4.12. The first-order valence-electron chi connectivity index (χ1n) is 8.55. The molecule has 1 amide bonds. The summed E-state index contributed by atoms with van der Waals surface area (Å²) in [7, 11) is 0. The minimum atomic E-state index is -1.44. The maximum atomic E-state index is 13.0. The lowest BCUT2D eigenvalue weighted by Gasteiger charge is -2.32. The van der Waals surface area contributed by atoms with Crippen LogP contribution >= 0.6 is 0 Å². The van der Waals surface area contributed by atoms with Gasteiger partial charge in [-0.25, -0.2) is 9.48 Å². The van der Waals surface area contributed by atoms with Crippen molar-refractivity contribution in [2.75, 3.05) is 0 Å². The van der Waals surface area contributed by atoms with Gasteiger partial charge in [-0.15, -0.1) is 5.10 Å². The Morgan fingerprint density at radius 2 is 1.46 bits per heavy atom. The number of primary amides is 1. The molecule has 28 heavy (non-hydrogen) atoms. The quantitative estimate of drug-likeness (QED) is 0.559. The number of amides is 1. The van der Waals surface area contributed by atoms with Gasteiger partial charge >= 0.3 is 5.97 Å². The van der Waals surface area contributed by atoms with E-state index < -0.39 is 17.4 Å². The highest BCUT2D eigenvalue weighted by atomic mass is 16.4. The third kappa shape index (κ3) is 2.52. The van der Waals surface area contributed by atoms with Gasteiger partial charge in [0.1, 0.15) is 5.52 Å². The number of hydrogen-bond donors (Lipinski definition) is 2. The molecule has 7 nitrogen and oxygen atoms in total. The first-order valence-corrected chi connectivity index (χ1v) is 8.55. The highest BCUT2D eigenvalue weighted by Gasteiger charge is 2.44. The Labute approximate surface area is 160 Å². The molecule has 0 bridgehead atoms. The van der Waals surface area contributed by atoms with Crippen molar-refractivity contribution in [1.82, 2.24) is 15.0 Å². The number of rotatable bonds is 5. The number of nitrogens with zero attached hydrogens (tertiary/aromatic N) is 3. The summed E-state index contributed by atoms with van der Waals surface area (Å²) in [6, 6.07) is 22.6. The van der Waals surface area contributed by atoms with Crippen LogP contribution in [0.25, 0.3) is 11.0 Å². The molecule has 0 fully saturated rings. The van der Waals surface area contributed by atoms with Gasteiger partial charge in [0.25, 0.3) is 5.91 Å². The zero-order chi connectivity index (χ0) is 19.7. The minimum Gasteiger partial charge on any atom is -0.478 e. The van der Waals surface area contributed by atoms with Crippen molar-refractivity contribution in [3.8, 4) is 0 Å². The molecule has 0 saturated heterocycles. The maximum absolute atomic E-state index is 13.0. The number of carboxylic acid groups (broad SMARTS) is 1. The van der Waals surface area contributed by atoms with Crippen LogP contribution in [-0.2, 0) is 10.3 Å². The van der Waals surface area contributed by atoms with Gasteiger partial charge in [0.05, 0.1) is 11.1 Å². The van der Waals surface area contributed by atoms with Crippen molar-refractivity contribution in [2.45, 2.75) is 5.54 Å². The minimum absolute atomic E-state index is 0.0867. The van der Waals surface area contributed by atoms with E-state index in [0.717, 1.165) is 0 Å². The summed E-state index contributed by atoms with van der Waals surface area (Å²) in [5.41, 5.74) is 6.73. The SMILES string of the molecule is NC(=O)C(c1ccccc1)(c1ccccc1)n1nnc2cc(C(=O)O)ccc21. The standard InChI is InChI=1S/C21H16N4O3/c22-20(28)21(15-7-3-1-4-8-15,16-9-5-2-6-10-16)25-18-12-11-14(19(26)27)13-17(18)23-24-25/h1-13H,(H2,22,28)(H,26,27). The van der Waals surface area contributed by atoms with Crippen molar-refractivity contribution in [2.24, 2.45) is 5.73 Å². The van der Waals surface area contributed by atoms with E-state index >= 15 is 0 Å². The lowest BCUT2D eigenvalue weighted by atomic mass is 9.82. The molecule has 0 aliphatic heterocycles. The Hall–Kier alpha value is -4.00. The van der Waals surface area contributed by atoms with Crippen LogP contribution in [0.15, 0.2) is 78.9 Å². The molecule has 3 N–H and O–H groups in total. The molecule has 138 valence electrons. The van der Waals surface area contributed by atoms with Crippen molar-refractivity contribution < 1.29 is 14.7 Å². The van der Waals surface area contributed by atoms with Crippen molar-refractivity contribution >= 4 is 22.9 Å². The molecule has 0 saturated carbocycles. The average Bonchev–Trinajstić information content (AvgIpc) is 3.13. The van der Waals surface area contributed by atoms with E-state index in [-0.39, 0.29) is 5.56 Å². The highest BCUT2D eigenvalue weighted by molar-refractivity contribution is 5.95. The van der Waals surface area contributed by atoms with Gasteiger partial charge in [0, 0.05) is 0 Å². The third-order valence-electron chi connectivity index (χ3n) is 4.75. The zero-order valence-electron chi connectivity index (χ0n) is 14.7. The Morgan fingerprint density at radius 3 is 1.96 bits per heavy atom. The normalized spacial score (nSPS) is 11.4. The summed E-state index contributed by atoms with van der Waals surface area (Å²) in [6.07, 6.45) is 0. The molecule has 0 atom stereocenters. The summed E-state index contributed by atoms with van der Waals surface area (Å²) >= 11 is 0. The number of fused-ring (bicyclic) bond motifs is 1. The Bertz CT molecular complexity index is 1130. The van der Waals surface area contributed by atoms with Gasteiger partial charge < -0.3 is 10.8 Å². The molecule has 1 aromatic heterocycles. The molecular formula is C21H16N4O3. The van der Waals surface area contributed by atoms with Crippen LogP contribution < -0.4 is 5.73 Å². The van der Waals surface area contributed by atoms with Crippen molar-refractivity contribution in [1.29, 1.82) is 0 Å². The molecule has 7 heteroatoms. The lowest BCUT2D eigenvalue weighted by Crippen LogP contribution is -2.49. The predicted octanol–water partition coefficient (Wildman–Crippen LogP) is 2.41. The van der Waals surface area contributed by atoms with Crippen molar-refractivity contribution in [3.63, 3.8) is 0 Å². The number of aromatic nitrogens is 3. The van der Waals surface area contributed by atoms with E-state index in [0.29, 0.717) is 22.2 Å². The van der Waals surface area contributed by atoms with Gasteiger partial charge in [-0.3, -0.25) is 4.79 Å². The molecule has 0 aliphatic rings. The van der Waals surface area contributed by atoms with Crippen LogP contribution in [0.3, 0.4) is 0 Å². The van der Waals surface area contributed by atoms with E-state index in [1.807, 2.05) is 36.4 Å². The van der Waals surface area contributed by atoms with Crippen LogP contribution in [0.1, 0.15) is 21.5 Å². The molecule has 0 radical (unpaired) electrons. The first-order chi connectivity index (χ1) is 13.5. The monoisotopic (exact) mass is 372 g/mol. The Morgan fingerprint density at radius 1 is 0.893 bits per heavy atom. The van der Waals surface area contributed by atoms with Crippen LogP contribution in [0.2, 0.25) is 0 Å². The van der Waals surface area contributed by atoms with Gasteiger partial charge in [0.2, 0.25) is 0 Å². The summed E-state index contributed by atoms with van der Waals surface area (Å²) in [5, 5.41) is 17.5. The van der Waals surface area contributed by atoms with Crippen LogP contribution in [0.5, 0.6) is 0 Å². The van der Waals surface area contributed by atoms with Gasteiger partial charge in [-0.2, -0.15) is 0 Å². The van der Waals surface area contributed by atoms with E-state index in [1.54, 1.807) is 30.3 Å². The fourth-order valence-corrected chi connectivity index (χ4v) is 3.46. The summed E-state index contributed by atoms with van der Waals surface area (Å²) in [4.78, 5) is 24.2. The van der Waals surface area contributed by atoms with Gasteiger partial charge in [0.15, 0.2) is 5.54 Å². The van der Waals surface area contributed by atoms with E-state index in [9.17, 15) is 14.7 Å². The summed E-state index contributed by atoms with van der Waals surface area (Å²) in [5.74, 6) is -1.69. The molecule has 0 aliphatic carbocycles. The summed E-state index contributed by atoms with van der Waals surface area (Å²) in [6.45, 7) is 0. The van der Waals surface area contributed by atoms with E-state index in [2.05, 4.69) is 10.3 Å². The second-order valence-corrected chi connectivity index (χ2v) is 6.32. The number of hydrogen-bond acceptors (Lipinski definition) is 4. The smallest absolute Gasteiger partial charge is 0.335 e. The zero-order valence-corrected chi connectivity index (χ0v) is 14.7. The van der Waals surface area contributed by atoms with Crippen LogP contribution in [0.4, 0.5) is 0 Å². The molecule has 4 aromatic rings. The third-order valence-corrected chi connectivity index (χ3v) is 4.75. The largest absolute Gasteiger partial charge is 0.478 e. The summed E-state index contributed by atoms with van der Waals surface area (Å²) < 4.78 is 1.46. The number of nitrogens with two attached hydrogens (primary N) is 1. The van der Waals surface area contributed by atoms with Gasteiger partial charge in [-0.05, 0) is 29.3 Å². The molecule has 4 rings (SSSR count). The molecule has 0 spiro atoms. The molecular weight excluding hydrogens is 356 g/mol. The molecule has 3 aromatic carbocycles. The lowest BCUT2D eigenvalue weighted by molar-refractivity contribution is -0.123. The first kappa shape index (κ1) is 17.4. The second-order valence-electron chi connectivity index (χ2n) is 6.32. The predicted molar refractivity (Wildman–Crippen MR) is 103 cm³/mol. The number of aromatic carboxylic acids is 1. The number of benzene rings is 3. The number of carbonyl (C=O) groups is 2. The van der Waals surface area contributed by atoms with Gasteiger partial charge in [-0.1, -0.05) is 65.9 Å². The van der Waals surface area contributed by atoms with Crippen LogP contribution in [-0.4, -0.2) is 32.0 Å². The fraction of sp³-hybridized carbons (Fsp3) is 0.0476. The van der Waals surface area contributed by atoms with E-state index in [4.69, 9.17) is 5.73 Å². The molecule has 1 heterocycles. The topological polar surface area (TPSA) is 111 Å². The highest BCUT2D eigenvalue weighted by Crippen LogP contribution is 2.35. The molecule has 0 unspecified atom stereocenters. The number of carboxylic acids is 1. The number of carbonyl (C=O) groups excluding carboxylic acids is 1. The maximum Gasteiger partial charge on any atom is 0.335 e. The second kappa shape index (κ2) is 6.62. The van der Waals surface area contributed by atoms with Crippen molar-refractivity contribution in [3.05, 3.63) is 95.6 Å². The average molecular weight is 372 g/mol. The Balaban J connectivity index is 2.09. The van der Waals surface area contributed by atoms with Crippen LogP contribution in [0, 0.1) is 0 Å².